The number of rotatable bonds is 16. The highest BCUT2D eigenvalue weighted by Gasteiger charge is 2.36. The Kier molecular flexibility index (Phi) is 13.2. The van der Waals surface area contributed by atoms with Crippen LogP contribution in [-0.4, -0.2) is 64.2 Å². The van der Waals surface area contributed by atoms with Crippen LogP contribution in [0.15, 0.2) is 84.9 Å². The van der Waals surface area contributed by atoms with Gasteiger partial charge in [0.1, 0.15) is 17.6 Å². The zero-order chi connectivity index (χ0) is 35.4. The Balaban J connectivity index is 1.74. The quantitative estimate of drug-likeness (QED) is 0.147. The van der Waals surface area contributed by atoms with Gasteiger partial charge in [-0.05, 0) is 48.9 Å². The van der Waals surface area contributed by atoms with E-state index in [9.17, 15) is 33.9 Å². The van der Waals surface area contributed by atoms with E-state index in [1.54, 1.807) is 26.0 Å². The molecule has 11 heteroatoms. The van der Waals surface area contributed by atoms with Crippen LogP contribution in [0.3, 0.4) is 0 Å². The Hall–Kier alpha value is -5.32. The molecule has 48 heavy (non-hydrogen) atoms. The second-order valence-corrected chi connectivity index (χ2v) is 12.4. The van der Waals surface area contributed by atoms with Gasteiger partial charge in [-0.25, -0.2) is 4.79 Å². The van der Waals surface area contributed by atoms with E-state index in [1.807, 2.05) is 72.8 Å². The molecule has 4 atom stereocenters. The summed E-state index contributed by atoms with van der Waals surface area (Å²) in [5.41, 5.74) is 1.92. The standard InChI is InChI=1S/C37H44N4O7/c1-6-23(2)31(34(45)41-37(4,5)36(47)48)40-35(46)32(43)24(3)38-33(44)29(39-30(42)22-25-13-9-7-10-14-25)21-26-17-19-28(20-18-26)27-15-11-8-12-16-27/h7-20,23-24,29,31H,6,21-22H2,1-5H3,(H,38,44)(H,39,42)(H,40,46)(H,41,45)(H,47,48). The first-order valence-corrected chi connectivity index (χ1v) is 15.9. The number of benzene rings is 3. The molecule has 0 saturated carbocycles. The molecule has 4 unspecified atom stereocenters. The molecule has 0 fully saturated rings. The van der Waals surface area contributed by atoms with E-state index in [-0.39, 0.29) is 12.8 Å². The number of ketones is 1. The lowest BCUT2D eigenvalue weighted by molar-refractivity contribution is -0.147. The lowest BCUT2D eigenvalue weighted by Crippen LogP contribution is -2.60. The van der Waals surface area contributed by atoms with Crippen LogP contribution in [0, 0.1) is 5.92 Å². The molecule has 0 spiro atoms. The Morgan fingerprint density at radius 3 is 1.83 bits per heavy atom. The van der Waals surface area contributed by atoms with Gasteiger partial charge in [-0.3, -0.25) is 24.0 Å². The first-order chi connectivity index (χ1) is 22.7. The number of aliphatic carboxylic acids is 1. The smallest absolute Gasteiger partial charge is 0.328 e. The summed E-state index contributed by atoms with van der Waals surface area (Å²) in [6, 6.07) is 22.8. The van der Waals surface area contributed by atoms with Gasteiger partial charge in [-0.1, -0.05) is 105 Å². The predicted octanol–water partition coefficient (Wildman–Crippen LogP) is 3.21. The van der Waals surface area contributed by atoms with E-state index in [4.69, 9.17) is 0 Å². The molecule has 0 bridgehead atoms. The summed E-state index contributed by atoms with van der Waals surface area (Å²) >= 11 is 0. The first kappa shape index (κ1) is 37.1. The van der Waals surface area contributed by atoms with Crippen molar-refractivity contribution < 1.29 is 33.9 Å². The van der Waals surface area contributed by atoms with Crippen LogP contribution < -0.4 is 21.3 Å². The highest BCUT2D eigenvalue weighted by Crippen LogP contribution is 2.20. The monoisotopic (exact) mass is 656 g/mol. The van der Waals surface area contributed by atoms with Crippen LogP contribution in [0.1, 0.15) is 52.2 Å². The fraction of sp³-hybridized carbons (Fsp3) is 0.351. The predicted molar refractivity (Wildman–Crippen MR) is 182 cm³/mol. The fourth-order valence-electron chi connectivity index (χ4n) is 4.87. The van der Waals surface area contributed by atoms with Gasteiger partial charge < -0.3 is 26.4 Å². The number of Topliss-reactive ketones (excluding diaryl/α,β-unsaturated/α-hetero) is 1. The van der Waals surface area contributed by atoms with Crippen molar-refractivity contribution in [2.75, 3.05) is 0 Å². The zero-order valence-electron chi connectivity index (χ0n) is 27.9. The number of carbonyl (C=O) groups excluding carboxylic acids is 5. The minimum atomic E-state index is -1.61. The summed E-state index contributed by atoms with van der Waals surface area (Å²) in [7, 11) is 0. The summed E-state index contributed by atoms with van der Waals surface area (Å²) < 4.78 is 0. The van der Waals surface area contributed by atoms with Crippen molar-refractivity contribution in [2.45, 2.75) is 77.5 Å². The molecular weight excluding hydrogens is 612 g/mol. The Morgan fingerprint density at radius 2 is 1.27 bits per heavy atom. The van der Waals surface area contributed by atoms with Crippen LogP contribution >= 0.6 is 0 Å². The molecule has 0 heterocycles. The van der Waals surface area contributed by atoms with Gasteiger partial charge in [0.25, 0.3) is 5.91 Å². The number of carbonyl (C=O) groups is 6. The lowest BCUT2D eigenvalue weighted by atomic mass is 9.96. The molecule has 0 aromatic heterocycles. The van der Waals surface area contributed by atoms with Crippen molar-refractivity contribution in [1.29, 1.82) is 0 Å². The number of hydrogen-bond donors (Lipinski definition) is 5. The topological polar surface area (TPSA) is 171 Å². The average molecular weight is 657 g/mol. The molecule has 3 aromatic rings. The molecule has 5 N–H and O–H groups in total. The lowest BCUT2D eigenvalue weighted by Gasteiger charge is -2.28. The van der Waals surface area contributed by atoms with Crippen LogP contribution in [-0.2, 0) is 41.6 Å². The maximum atomic E-state index is 13.5. The first-order valence-electron chi connectivity index (χ1n) is 15.9. The second-order valence-electron chi connectivity index (χ2n) is 12.4. The van der Waals surface area contributed by atoms with Gasteiger partial charge >= 0.3 is 5.97 Å². The van der Waals surface area contributed by atoms with Crippen molar-refractivity contribution >= 4 is 35.4 Å². The van der Waals surface area contributed by atoms with Gasteiger partial charge in [0, 0.05) is 6.42 Å². The molecule has 4 amide bonds. The largest absolute Gasteiger partial charge is 0.480 e. The highest BCUT2D eigenvalue weighted by atomic mass is 16.4. The highest BCUT2D eigenvalue weighted by molar-refractivity contribution is 6.38. The van der Waals surface area contributed by atoms with E-state index in [1.165, 1.54) is 20.8 Å². The van der Waals surface area contributed by atoms with Gasteiger partial charge in [-0.2, -0.15) is 0 Å². The fourth-order valence-corrected chi connectivity index (χ4v) is 4.87. The Labute approximate surface area is 280 Å². The average Bonchev–Trinajstić information content (AvgIpc) is 3.06. The second kappa shape index (κ2) is 17.0. The van der Waals surface area contributed by atoms with E-state index in [0.717, 1.165) is 22.3 Å². The maximum absolute atomic E-state index is 13.5. The minimum Gasteiger partial charge on any atom is -0.480 e. The summed E-state index contributed by atoms with van der Waals surface area (Å²) in [5, 5.41) is 19.5. The van der Waals surface area contributed by atoms with E-state index in [0.29, 0.717) is 6.42 Å². The van der Waals surface area contributed by atoms with Crippen LogP contribution in [0.25, 0.3) is 11.1 Å². The third-order valence-electron chi connectivity index (χ3n) is 8.09. The van der Waals surface area contributed by atoms with Crippen molar-refractivity contribution in [2.24, 2.45) is 5.92 Å². The molecule has 0 aliphatic heterocycles. The number of hydrogen-bond acceptors (Lipinski definition) is 6. The third kappa shape index (κ3) is 10.6. The number of carboxylic acids is 1. The van der Waals surface area contributed by atoms with E-state index in [2.05, 4.69) is 21.3 Å². The van der Waals surface area contributed by atoms with Crippen molar-refractivity contribution in [1.82, 2.24) is 21.3 Å². The molecule has 3 aromatic carbocycles. The minimum absolute atomic E-state index is 0.0339. The SMILES string of the molecule is CCC(C)C(NC(=O)C(=O)C(C)NC(=O)C(Cc1ccc(-c2ccccc2)cc1)NC(=O)Cc1ccccc1)C(=O)NC(C)(C)C(=O)O. The molecule has 0 radical (unpaired) electrons. The van der Waals surface area contributed by atoms with E-state index < -0.39 is 65.0 Å². The third-order valence-corrected chi connectivity index (χ3v) is 8.09. The normalized spacial score (nSPS) is 13.6. The molecular formula is C37H44N4O7. The molecule has 0 aliphatic carbocycles. The van der Waals surface area contributed by atoms with E-state index >= 15 is 0 Å². The molecule has 11 nitrogen and oxygen atoms in total. The molecule has 3 rings (SSSR count). The molecule has 0 aliphatic rings. The van der Waals surface area contributed by atoms with Gasteiger partial charge in [0.05, 0.1) is 12.5 Å². The zero-order valence-corrected chi connectivity index (χ0v) is 27.9. The van der Waals surface area contributed by atoms with Gasteiger partial charge in [0.15, 0.2) is 0 Å². The van der Waals surface area contributed by atoms with Crippen molar-refractivity contribution in [3.63, 3.8) is 0 Å². The summed E-state index contributed by atoms with van der Waals surface area (Å²) in [4.78, 5) is 77.2. The molecule has 254 valence electrons. The number of carboxylic acid groups (broad SMARTS) is 1. The maximum Gasteiger partial charge on any atom is 0.328 e. The summed E-state index contributed by atoms with van der Waals surface area (Å²) in [6.07, 6.45) is 0.597. The van der Waals surface area contributed by atoms with Crippen LogP contribution in [0.5, 0.6) is 0 Å². The van der Waals surface area contributed by atoms with Gasteiger partial charge in [-0.15, -0.1) is 0 Å². The van der Waals surface area contributed by atoms with Crippen LogP contribution in [0.2, 0.25) is 0 Å². The van der Waals surface area contributed by atoms with Crippen molar-refractivity contribution in [3.8, 4) is 11.1 Å². The number of amides is 4. The molecule has 0 saturated heterocycles. The Bertz CT molecular complexity index is 1590. The van der Waals surface area contributed by atoms with Crippen molar-refractivity contribution in [3.05, 3.63) is 96.1 Å². The summed E-state index contributed by atoms with van der Waals surface area (Å²) in [5.74, 6) is -5.65. The Morgan fingerprint density at radius 1 is 0.708 bits per heavy atom. The van der Waals surface area contributed by atoms with Gasteiger partial charge in [0.2, 0.25) is 23.5 Å². The summed E-state index contributed by atoms with van der Waals surface area (Å²) in [6.45, 7) is 7.41. The number of nitrogens with one attached hydrogen (secondary N) is 4. The van der Waals surface area contributed by atoms with Crippen LogP contribution in [0.4, 0.5) is 0 Å².